The number of aromatic nitrogens is 1. The quantitative estimate of drug-likeness (QED) is 0.813. The summed E-state index contributed by atoms with van der Waals surface area (Å²) in [4.78, 5) is 4.18. The van der Waals surface area contributed by atoms with E-state index in [1.807, 2.05) is 0 Å². The molecule has 1 aromatic carbocycles. The molecule has 2 rings (SSSR count). The number of alkyl halides is 3. The molecule has 0 spiro atoms. The summed E-state index contributed by atoms with van der Waals surface area (Å²) in [5, 5.41) is -0.373. The molecule has 23 heavy (non-hydrogen) atoms. The zero-order valence-corrected chi connectivity index (χ0v) is 13.6. The van der Waals surface area contributed by atoms with E-state index in [0.717, 1.165) is 5.69 Å². The van der Waals surface area contributed by atoms with Crippen molar-refractivity contribution in [2.45, 2.75) is 38.1 Å². The lowest BCUT2D eigenvalue weighted by Crippen LogP contribution is -2.17. The molecule has 0 saturated heterocycles. The van der Waals surface area contributed by atoms with Crippen LogP contribution in [0.25, 0.3) is 0 Å². The Hall–Kier alpha value is -1.83. The Kier molecular flexibility index (Phi) is 5.13. The first-order chi connectivity index (χ1) is 10.7. The van der Waals surface area contributed by atoms with Crippen molar-refractivity contribution in [3.05, 3.63) is 47.2 Å². The summed E-state index contributed by atoms with van der Waals surface area (Å²) < 4.78 is 57.9. The van der Waals surface area contributed by atoms with Crippen LogP contribution in [0.4, 0.5) is 13.2 Å². The van der Waals surface area contributed by atoms with Crippen molar-refractivity contribution in [3.63, 3.8) is 0 Å². The van der Waals surface area contributed by atoms with E-state index in [4.69, 9.17) is 4.42 Å². The number of rotatable bonds is 5. The maximum Gasteiger partial charge on any atom is 0.573 e. The fraction of sp³-hybridized carbons (Fsp3) is 0.400. The molecular formula is C15H16F3NO3S. The van der Waals surface area contributed by atoms with E-state index in [-0.39, 0.29) is 16.8 Å². The summed E-state index contributed by atoms with van der Waals surface area (Å²) in [6.07, 6.45) is -4.73. The third-order valence-electron chi connectivity index (χ3n) is 3.32. The Morgan fingerprint density at radius 3 is 2.35 bits per heavy atom. The number of hydrogen-bond donors (Lipinski definition) is 0. The maximum atomic E-state index is 12.3. The number of nitrogens with zero attached hydrogens (tertiary/aromatic N) is 1. The average Bonchev–Trinajstić information content (AvgIpc) is 2.75. The van der Waals surface area contributed by atoms with Gasteiger partial charge in [0.15, 0.2) is 0 Å². The van der Waals surface area contributed by atoms with Crippen LogP contribution in [0.5, 0.6) is 5.75 Å². The predicted octanol–water partition coefficient (Wildman–Crippen LogP) is 4.20. The highest BCUT2D eigenvalue weighted by molar-refractivity contribution is 7.84. The number of aryl methyl sites for hydroxylation is 2. The number of halogens is 3. The summed E-state index contributed by atoms with van der Waals surface area (Å²) in [6, 6.07) is 5.34. The van der Waals surface area contributed by atoms with E-state index in [2.05, 4.69) is 9.72 Å². The molecule has 0 aliphatic heterocycles. The molecule has 4 nitrogen and oxygen atoms in total. The van der Waals surface area contributed by atoms with Gasteiger partial charge in [-0.2, -0.15) is 0 Å². The first kappa shape index (κ1) is 17.5. The smallest absolute Gasteiger partial charge is 0.445 e. The minimum Gasteiger partial charge on any atom is -0.445 e. The van der Waals surface area contributed by atoms with Gasteiger partial charge in [-0.25, -0.2) is 4.98 Å². The summed E-state index contributed by atoms with van der Waals surface area (Å²) >= 11 is 0. The van der Waals surface area contributed by atoms with E-state index < -0.39 is 17.2 Å². The van der Waals surface area contributed by atoms with Gasteiger partial charge in [-0.15, -0.1) is 13.2 Å². The lowest BCUT2D eigenvalue weighted by Gasteiger charge is -2.13. The highest BCUT2D eigenvalue weighted by Gasteiger charge is 2.31. The van der Waals surface area contributed by atoms with Gasteiger partial charge in [-0.3, -0.25) is 4.21 Å². The molecule has 2 atom stereocenters. The predicted molar refractivity (Wildman–Crippen MR) is 79.4 cm³/mol. The van der Waals surface area contributed by atoms with Gasteiger partial charge in [0.05, 0.1) is 10.9 Å². The molecular weight excluding hydrogens is 331 g/mol. The Balaban J connectivity index is 2.04. The minimum absolute atomic E-state index is 0.149. The van der Waals surface area contributed by atoms with Crippen LogP contribution >= 0.6 is 0 Å². The maximum absolute atomic E-state index is 12.3. The molecule has 1 heterocycles. The van der Waals surface area contributed by atoms with Crippen molar-refractivity contribution in [3.8, 4) is 5.75 Å². The van der Waals surface area contributed by atoms with Crippen LogP contribution in [-0.4, -0.2) is 15.6 Å². The SMILES string of the molecule is Cc1nc(C[S@@](=O)[C@@H](C)c2ccc(OC(F)(F)F)cc2)oc1C. The van der Waals surface area contributed by atoms with Crippen molar-refractivity contribution in [2.24, 2.45) is 0 Å². The first-order valence-corrected chi connectivity index (χ1v) is 8.19. The van der Waals surface area contributed by atoms with Crippen LogP contribution in [0.15, 0.2) is 28.7 Å². The van der Waals surface area contributed by atoms with Gasteiger partial charge in [0.1, 0.15) is 17.3 Å². The molecule has 0 unspecified atom stereocenters. The van der Waals surface area contributed by atoms with Crippen molar-refractivity contribution in [1.29, 1.82) is 0 Å². The van der Waals surface area contributed by atoms with Crippen molar-refractivity contribution >= 4 is 10.8 Å². The summed E-state index contributed by atoms with van der Waals surface area (Å²) in [6.45, 7) is 5.31. The average molecular weight is 347 g/mol. The van der Waals surface area contributed by atoms with Crippen LogP contribution in [0.1, 0.15) is 35.1 Å². The summed E-state index contributed by atoms with van der Waals surface area (Å²) in [5.41, 5.74) is 1.40. The largest absolute Gasteiger partial charge is 0.573 e. The fourth-order valence-electron chi connectivity index (χ4n) is 1.94. The normalized spacial score (nSPS) is 14.5. The number of benzene rings is 1. The molecule has 8 heteroatoms. The Bertz CT molecular complexity index is 675. The summed E-state index contributed by atoms with van der Waals surface area (Å²) in [7, 11) is -1.31. The Morgan fingerprint density at radius 2 is 1.87 bits per heavy atom. The van der Waals surface area contributed by atoms with Gasteiger partial charge in [-0.1, -0.05) is 12.1 Å². The van der Waals surface area contributed by atoms with Crippen molar-refractivity contribution in [2.75, 3.05) is 0 Å². The minimum atomic E-state index is -4.73. The molecule has 0 aliphatic rings. The lowest BCUT2D eigenvalue weighted by atomic mass is 10.2. The molecule has 2 aromatic rings. The van der Waals surface area contributed by atoms with Crippen LogP contribution in [-0.2, 0) is 16.6 Å². The molecule has 0 fully saturated rings. The van der Waals surface area contributed by atoms with Gasteiger partial charge in [0.2, 0.25) is 5.89 Å². The molecule has 0 bridgehead atoms. The Morgan fingerprint density at radius 1 is 1.26 bits per heavy atom. The van der Waals surface area contributed by atoms with Crippen LogP contribution in [0, 0.1) is 13.8 Å². The van der Waals surface area contributed by atoms with Crippen LogP contribution in [0.2, 0.25) is 0 Å². The van der Waals surface area contributed by atoms with Gasteiger partial charge in [-0.05, 0) is 38.5 Å². The first-order valence-electron chi connectivity index (χ1n) is 6.81. The lowest BCUT2D eigenvalue weighted by molar-refractivity contribution is -0.274. The van der Waals surface area contributed by atoms with Gasteiger partial charge in [0.25, 0.3) is 0 Å². The highest BCUT2D eigenvalue weighted by Crippen LogP contribution is 2.27. The third kappa shape index (κ3) is 4.82. The molecule has 1 aromatic heterocycles. The zero-order valence-electron chi connectivity index (χ0n) is 12.8. The van der Waals surface area contributed by atoms with Crippen molar-refractivity contribution < 1.29 is 26.5 Å². The molecule has 0 N–H and O–H groups in total. The molecule has 0 aliphatic carbocycles. The van der Waals surface area contributed by atoms with E-state index in [9.17, 15) is 17.4 Å². The Labute approximate surface area is 134 Å². The number of ether oxygens (including phenoxy) is 1. The van der Waals surface area contributed by atoms with E-state index in [1.54, 1.807) is 20.8 Å². The highest BCUT2D eigenvalue weighted by atomic mass is 32.2. The number of oxazole rings is 1. The number of hydrogen-bond acceptors (Lipinski definition) is 4. The van der Waals surface area contributed by atoms with Gasteiger partial charge >= 0.3 is 6.36 Å². The fourth-order valence-corrected chi connectivity index (χ4v) is 3.02. The second-order valence-corrected chi connectivity index (χ2v) is 6.79. The second kappa shape index (κ2) is 6.74. The van der Waals surface area contributed by atoms with E-state index in [1.165, 1.54) is 24.3 Å². The zero-order chi connectivity index (χ0) is 17.2. The van der Waals surface area contributed by atoms with Gasteiger partial charge in [0, 0.05) is 10.8 Å². The van der Waals surface area contributed by atoms with E-state index in [0.29, 0.717) is 17.2 Å². The second-order valence-electron chi connectivity index (χ2n) is 5.03. The third-order valence-corrected chi connectivity index (χ3v) is 4.91. The van der Waals surface area contributed by atoms with Crippen molar-refractivity contribution in [1.82, 2.24) is 4.98 Å². The van der Waals surface area contributed by atoms with Crippen LogP contribution in [0.3, 0.4) is 0 Å². The standard InChI is InChI=1S/C15H16F3NO3S/c1-9-10(2)21-14(19-9)8-23(20)11(3)12-4-6-13(7-5-12)22-15(16,17)18/h4-7,11H,8H2,1-3H3/t11-,23+/m0/s1. The van der Waals surface area contributed by atoms with E-state index >= 15 is 0 Å². The molecule has 0 saturated carbocycles. The van der Waals surface area contributed by atoms with Gasteiger partial charge < -0.3 is 9.15 Å². The molecule has 0 radical (unpaired) electrons. The monoisotopic (exact) mass is 347 g/mol. The topological polar surface area (TPSA) is 52.3 Å². The molecule has 126 valence electrons. The molecule has 0 amide bonds. The van der Waals surface area contributed by atoms with Crippen LogP contribution < -0.4 is 4.74 Å². The summed E-state index contributed by atoms with van der Waals surface area (Å²) in [5.74, 6) is 0.912.